The van der Waals surface area contributed by atoms with E-state index in [1.165, 1.54) is 6.20 Å². The van der Waals surface area contributed by atoms with Crippen LogP contribution in [0.15, 0.2) is 22.8 Å². The van der Waals surface area contributed by atoms with Crippen molar-refractivity contribution in [3.63, 3.8) is 0 Å². The van der Waals surface area contributed by atoms with Gasteiger partial charge in [-0.15, -0.1) is 4.68 Å². The lowest BCUT2D eigenvalue weighted by Crippen LogP contribution is -2.29. The summed E-state index contributed by atoms with van der Waals surface area (Å²) in [5, 5.41) is 5.51. The molecule has 0 radical (unpaired) electrons. The van der Waals surface area contributed by atoms with E-state index in [1.54, 1.807) is 20.8 Å². The van der Waals surface area contributed by atoms with Crippen molar-refractivity contribution in [2.75, 3.05) is 5.32 Å². The smallest absolute Gasteiger partial charge is 0.437 e. The van der Waals surface area contributed by atoms with Crippen LogP contribution in [-0.2, 0) is 10.9 Å². The molecule has 0 atom stereocenters. The van der Waals surface area contributed by atoms with Gasteiger partial charge in [-0.3, -0.25) is 4.79 Å². The maximum absolute atomic E-state index is 12.6. The first-order valence-electron chi connectivity index (χ1n) is 7.31. The van der Waals surface area contributed by atoms with E-state index in [0.717, 1.165) is 10.7 Å². The summed E-state index contributed by atoms with van der Waals surface area (Å²) in [5.74, 6) is -0.961. The number of nitrogens with zero attached hydrogens (tertiary/aromatic N) is 3. The molecule has 12 heteroatoms. The second kappa shape index (κ2) is 7.47. The van der Waals surface area contributed by atoms with E-state index in [1.807, 2.05) is 0 Å². The lowest BCUT2D eigenvalue weighted by Gasteiger charge is -2.19. The molecule has 1 N–H and O–H groups in total. The quantitative estimate of drug-likeness (QED) is 0.642. The number of nitrogens with one attached hydrogen (secondary N) is 1. The third kappa shape index (κ3) is 5.19. The molecule has 146 valence electrons. The molecule has 0 bridgehead atoms. The molecular formula is C15H13BrClF3N4O3. The molecule has 2 aromatic heterocycles. The molecular weight excluding hydrogens is 457 g/mol. The van der Waals surface area contributed by atoms with Gasteiger partial charge in [-0.05, 0) is 48.8 Å². The van der Waals surface area contributed by atoms with Crippen LogP contribution >= 0.6 is 27.5 Å². The highest BCUT2D eigenvalue weighted by Crippen LogP contribution is 2.30. The maximum Gasteiger partial charge on any atom is 0.437 e. The van der Waals surface area contributed by atoms with Gasteiger partial charge < -0.3 is 10.1 Å². The molecule has 27 heavy (non-hydrogen) atoms. The highest BCUT2D eigenvalue weighted by molar-refractivity contribution is 9.10. The van der Waals surface area contributed by atoms with E-state index in [9.17, 15) is 22.8 Å². The Hall–Kier alpha value is -2.14. The number of carbonyl (C=O) groups is 2. The van der Waals surface area contributed by atoms with Crippen LogP contribution in [0.2, 0.25) is 5.15 Å². The van der Waals surface area contributed by atoms with Crippen LogP contribution in [-0.4, -0.2) is 32.4 Å². The van der Waals surface area contributed by atoms with E-state index in [2.05, 4.69) is 31.3 Å². The fourth-order valence-electron chi connectivity index (χ4n) is 1.82. The minimum Gasteiger partial charge on any atom is -0.442 e. The van der Waals surface area contributed by atoms with Crippen molar-refractivity contribution >= 4 is 45.3 Å². The predicted molar refractivity (Wildman–Crippen MR) is 93.8 cm³/mol. The summed E-state index contributed by atoms with van der Waals surface area (Å²) in [5.41, 5.74) is -2.35. The second-order valence-corrected chi connectivity index (χ2v) is 7.43. The van der Waals surface area contributed by atoms with Crippen LogP contribution in [0.5, 0.6) is 0 Å². The number of aromatic nitrogens is 3. The lowest BCUT2D eigenvalue weighted by atomic mass is 10.2. The van der Waals surface area contributed by atoms with Gasteiger partial charge in [0, 0.05) is 0 Å². The molecule has 0 aromatic carbocycles. The molecule has 0 aliphatic carbocycles. The first kappa shape index (κ1) is 21.2. The summed E-state index contributed by atoms with van der Waals surface area (Å²) in [6, 6.07) is 1.51. The van der Waals surface area contributed by atoms with Crippen LogP contribution in [0, 0.1) is 0 Å². The van der Waals surface area contributed by atoms with Crippen molar-refractivity contribution in [2.45, 2.75) is 32.5 Å². The highest BCUT2D eigenvalue weighted by Gasteiger charge is 2.33. The Morgan fingerprint density at radius 1 is 1.26 bits per heavy atom. The first-order valence-corrected chi connectivity index (χ1v) is 8.48. The van der Waals surface area contributed by atoms with Crippen LogP contribution in [0.3, 0.4) is 0 Å². The normalized spacial score (nSPS) is 12.0. The molecule has 7 nitrogen and oxygen atoms in total. The maximum atomic E-state index is 12.6. The van der Waals surface area contributed by atoms with Crippen LogP contribution in [0.25, 0.3) is 0 Å². The van der Waals surface area contributed by atoms with Gasteiger partial charge in [-0.2, -0.15) is 18.3 Å². The van der Waals surface area contributed by atoms with Gasteiger partial charge in [-0.1, -0.05) is 11.6 Å². The van der Waals surface area contributed by atoms with Crippen LogP contribution in [0.4, 0.5) is 23.8 Å². The molecule has 0 unspecified atom stereocenters. The van der Waals surface area contributed by atoms with Crippen molar-refractivity contribution in [1.82, 2.24) is 14.8 Å². The van der Waals surface area contributed by atoms with E-state index in [0.29, 0.717) is 6.07 Å². The number of halogens is 5. The zero-order valence-electron chi connectivity index (χ0n) is 14.2. The van der Waals surface area contributed by atoms with Gasteiger partial charge in [0.05, 0.1) is 16.2 Å². The minimum atomic E-state index is -4.70. The van der Waals surface area contributed by atoms with Gasteiger partial charge in [0.15, 0.2) is 5.82 Å². The van der Waals surface area contributed by atoms with Crippen LogP contribution < -0.4 is 5.32 Å². The summed E-state index contributed by atoms with van der Waals surface area (Å²) in [4.78, 5) is 27.7. The van der Waals surface area contributed by atoms with Crippen molar-refractivity contribution in [3.05, 3.63) is 39.2 Å². The average Bonchev–Trinajstić information content (AvgIpc) is 2.85. The van der Waals surface area contributed by atoms with E-state index < -0.39 is 34.6 Å². The largest absolute Gasteiger partial charge is 0.442 e. The molecule has 0 spiro atoms. The fraction of sp³-hybridized carbons (Fsp3) is 0.333. The zero-order valence-corrected chi connectivity index (χ0v) is 16.5. The Morgan fingerprint density at radius 3 is 2.41 bits per heavy atom. The fourth-order valence-corrected chi connectivity index (χ4v) is 2.42. The van der Waals surface area contributed by atoms with E-state index in [-0.39, 0.29) is 15.9 Å². The van der Waals surface area contributed by atoms with Crippen molar-refractivity contribution in [3.8, 4) is 0 Å². The SMILES string of the molecule is CC(C)(C)OC(=O)n1ncc(Br)c1NC(=O)c1ccc(C(F)(F)F)nc1Cl. The minimum absolute atomic E-state index is 0.0785. The molecule has 0 aliphatic heterocycles. The third-order valence-electron chi connectivity index (χ3n) is 2.91. The topological polar surface area (TPSA) is 86.1 Å². The molecule has 1 amide bonds. The van der Waals surface area contributed by atoms with Crippen molar-refractivity contribution < 1.29 is 27.5 Å². The Bertz CT molecular complexity index is 893. The number of carbonyl (C=O) groups excluding carboxylic acids is 2. The Morgan fingerprint density at radius 2 is 1.89 bits per heavy atom. The number of alkyl halides is 3. The highest BCUT2D eigenvalue weighted by atomic mass is 79.9. The lowest BCUT2D eigenvalue weighted by molar-refractivity contribution is -0.141. The third-order valence-corrected chi connectivity index (χ3v) is 3.78. The number of amides is 1. The van der Waals surface area contributed by atoms with Gasteiger partial charge in [0.2, 0.25) is 0 Å². The molecule has 0 saturated heterocycles. The number of hydrogen-bond acceptors (Lipinski definition) is 5. The molecule has 2 heterocycles. The number of hydrogen-bond donors (Lipinski definition) is 1. The van der Waals surface area contributed by atoms with Gasteiger partial charge in [0.25, 0.3) is 5.91 Å². The predicted octanol–water partition coefficient (Wildman–Crippen LogP) is 4.75. The van der Waals surface area contributed by atoms with Crippen LogP contribution in [0.1, 0.15) is 36.8 Å². The number of anilines is 1. The summed E-state index contributed by atoms with van der Waals surface area (Å²) in [7, 11) is 0. The number of rotatable bonds is 2. The van der Waals surface area contributed by atoms with E-state index in [4.69, 9.17) is 16.3 Å². The summed E-state index contributed by atoms with van der Waals surface area (Å²) >= 11 is 8.82. The molecule has 0 aliphatic rings. The standard InChI is InChI=1S/C15H13BrClF3N4O3/c1-14(2,3)27-13(26)24-11(8(16)6-21-24)23-12(25)7-4-5-9(15(18,19)20)22-10(7)17/h4-6H,1-3H3,(H,23,25). The number of ether oxygens (including phenoxy) is 1. The van der Waals surface area contributed by atoms with E-state index >= 15 is 0 Å². The van der Waals surface area contributed by atoms with Gasteiger partial charge in [0.1, 0.15) is 16.4 Å². The Labute approximate surface area is 165 Å². The second-order valence-electron chi connectivity index (χ2n) is 6.22. The average molecular weight is 470 g/mol. The molecule has 0 fully saturated rings. The first-order chi connectivity index (χ1) is 12.3. The molecule has 2 rings (SSSR count). The van der Waals surface area contributed by atoms with Gasteiger partial charge in [-0.25, -0.2) is 9.78 Å². The monoisotopic (exact) mass is 468 g/mol. The van der Waals surface area contributed by atoms with Gasteiger partial charge >= 0.3 is 12.3 Å². The van der Waals surface area contributed by atoms with Crippen molar-refractivity contribution in [2.24, 2.45) is 0 Å². The Balaban J connectivity index is 2.29. The van der Waals surface area contributed by atoms with Crippen molar-refractivity contribution in [1.29, 1.82) is 0 Å². The zero-order chi connectivity index (χ0) is 20.6. The molecule has 0 saturated carbocycles. The Kier molecular flexibility index (Phi) is 5.85. The summed E-state index contributed by atoms with van der Waals surface area (Å²) in [6.07, 6.45) is -4.32. The number of pyridine rings is 1. The summed E-state index contributed by atoms with van der Waals surface area (Å²) in [6.45, 7) is 4.94. The summed E-state index contributed by atoms with van der Waals surface area (Å²) < 4.78 is 44.1. The molecule has 2 aromatic rings.